The Balaban J connectivity index is 2.08. The smallest absolute Gasteiger partial charge is 0.255 e. The molecule has 1 atom stereocenters. The van der Waals surface area contributed by atoms with E-state index in [0.717, 1.165) is 0 Å². The number of ether oxygens (including phenoxy) is 2. The lowest BCUT2D eigenvalue weighted by Crippen LogP contribution is -2.28. The minimum Gasteiger partial charge on any atom is -0.493 e. The van der Waals surface area contributed by atoms with Crippen molar-refractivity contribution in [1.82, 2.24) is 5.32 Å². The lowest BCUT2D eigenvalue weighted by molar-refractivity contribution is -0.119. The Bertz CT molecular complexity index is 827. The zero-order valence-corrected chi connectivity index (χ0v) is 15.9. The Morgan fingerprint density at radius 3 is 2.48 bits per heavy atom. The van der Waals surface area contributed by atoms with Gasteiger partial charge in [-0.2, -0.15) is 0 Å². The van der Waals surface area contributed by atoms with Crippen molar-refractivity contribution in [2.24, 2.45) is 5.73 Å². The molecule has 9 heteroatoms. The summed E-state index contributed by atoms with van der Waals surface area (Å²) in [6.45, 7) is -0.394. The van der Waals surface area contributed by atoms with Crippen LogP contribution in [-0.4, -0.2) is 37.2 Å². The SMILES string of the molecule is COc1cc(C(=O)NC[C@H](O)c2ccc(Cl)cc2)cc(Cl)c1OCC(N)=O. The fourth-order valence-corrected chi connectivity index (χ4v) is 2.62. The van der Waals surface area contributed by atoms with Gasteiger partial charge in [0.05, 0.1) is 18.2 Å². The van der Waals surface area contributed by atoms with E-state index in [9.17, 15) is 14.7 Å². The molecule has 0 aliphatic rings. The molecule has 2 rings (SSSR count). The van der Waals surface area contributed by atoms with Crippen LogP contribution in [0.5, 0.6) is 11.5 Å². The molecular weight excluding hydrogens is 395 g/mol. The van der Waals surface area contributed by atoms with Crippen LogP contribution in [0.15, 0.2) is 36.4 Å². The molecule has 0 aliphatic heterocycles. The fraction of sp³-hybridized carbons (Fsp3) is 0.222. The molecule has 0 radical (unpaired) electrons. The number of halogens is 2. The number of rotatable bonds is 8. The number of primary amides is 1. The van der Waals surface area contributed by atoms with Crippen molar-refractivity contribution >= 4 is 35.0 Å². The van der Waals surface area contributed by atoms with Gasteiger partial charge in [-0.05, 0) is 29.8 Å². The lowest BCUT2D eigenvalue weighted by Gasteiger charge is -2.15. The van der Waals surface area contributed by atoms with Crippen molar-refractivity contribution in [1.29, 1.82) is 0 Å². The Morgan fingerprint density at radius 2 is 1.89 bits per heavy atom. The number of hydrogen-bond acceptors (Lipinski definition) is 5. The summed E-state index contributed by atoms with van der Waals surface area (Å²) in [6.07, 6.45) is -0.901. The Morgan fingerprint density at radius 1 is 1.22 bits per heavy atom. The van der Waals surface area contributed by atoms with Crippen molar-refractivity contribution in [3.8, 4) is 11.5 Å². The number of benzene rings is 2. The van der Waals surface area contributed by atoms with E-state index in [1.54, 1.807) is 24.3 Å². The molecule has 0 aliphatic carbocycles. The zero-order valence-electron chi connectivity index (χ0n) is 14.4. The van der Waals surface area contributed by atoms with Gasteiger partial charge in [0, 0.05) is 17.1 Å². The van der Waals surface area contributed by atoms with Crippen LogP contribution < -0.4 is 20.5 Å². The molecule has 0 unspecified atom stereocenters. The number of hydrogen-bond donors (Lipinski definition) is 3. The summed E-state index contributed by atoms with van der Waals surface area (Å²) in [5.41, 5.74) is 5.86. The van der Waals surface area contributed by atoms with Crippen LogP contribution in [0.1, 0.15) is 22.0 Å². The molecule has 0 bridgehead atoms. The molecule has 7 nitrogen and oxygen atoms in total. The summed E-state index contributed by atoms with van der Waals surface area (Å²) in [7, 11) is 1.37. The molecule has 0 aromatic heterocycles. The predicted molar refractivity (Wildman–Crippen MR) is 101 cm³/mol. The average molecular weight is 413 g/mol. The monoisotopic (exact) mass is 412 g/mol. The predicted octanol–water partition coefficient (Wildman–Crippen LogP) is 2.33. The first kappa shape index (κ1) is 20.8. The maximum atomic E-state index is 12.4. The molecule has 2 amide bonds. The lowest BCUT2D eigenvalue weighted by atomic mass is 10.1. The van der Waals surface area contributed by atoms with Gasteiger partial charge in [0.15, 0.2) is 18.1 Å². The number of methoxy groups -OCH3 is 1. The van der Waals surface area contributed by atoms with Crippen molar-refractivity contribution in [2.75, 3.05) is 20.3 Å². The first-order chi connectivity index (χ1) is 12.8. The fourth-order valence-electron chi connectivity index (χ4n) is 2.23. The van der Waals surface area contributed by atoms with Gasteiger partial charge in [-0.3, -0.25) is 9.59 Å². The Hall–Kier alpha value is -2.48. The third-order valence-corrected chi connectivity index (χ3v) is 4.09. The van der Waals surface area contributed by atoms with Crippen molar-refractivity contribution in [2.45, 2.75) is 6.10 Å². The van der Waals surface area contributed by atoms with Gasteiger partial charge in [0.25, 0.3) is 11.8 Å². The van der Waals surface area contributed by atoms with Gasteiger partial charge in [-0.25, -0.2) is 0 Å². The number of aliphatic hydroxyl groups excluding tert-OH is 1. The molecule has 2 aromatic rings. The summed E-state index contributed by atoms with van der Waals surface area (Å²) in [5, 5.41) is 13.4. The third kappa shape index (κ3) is 5.75. The second-order valence-electron chi connectivity index (χ2n) is 5.52. The number of carbonyl (C=O) groups is 2. The second-order valence-corrected chi connectivity index (χ2v) is 6.37. The highest BCUT2D eigenvalue weighted by atomic mass is 35.5. The first-order valence-electron chi connectivity index (χ1n) is 7.82. The summed E-state index contributed by atoms with van der Waals surface area (Å²) in [6, 6.07) is 9.42. The van der Waals surface area contributed by atoms with E-state index in [1.165, 1.54) is 19.2 Å². The summed E-state index contributed by atoms with van der Waals surface area (Å²) < 4.78 is 10.4. The van der Waals surface area contributed by atoms with E-state index in [-0.39, 0.29) is 35.2 Å². The number of nitrogens with two attached hydrogens (primary N) is 1. The number of carbonyl (C=O) groups excluding carboxylic acids is 2. The van der Waals surface area contributed by atoms with E-state index in [0.29, 0.717) is 10.6 Å². The maximum Gasteiger partial charge on any atom is 0.255 e. The van der Waals surface area contributed by atoms with Crippen molar-refractivity contribution in [3.05, 3.63) is 57.6 Å². The zero-order chi connectivity index (χ0) is 20.0. The second kappa shape index (κ2) is 9.45. The van der Waals surface area contributed by atoms with Gasteiger partial charge >= 0.3 is 0 Å². The minimum atomic E-state index is -0.901. The van der Waals surface area contributed by atoms with Crippen LogP contribution in [0.4, 0.5) is 0 Å². The number of aliphatic hydroxyl groups is 1. The summed E-state index contributed by atoms with van der Waals surface area (Å²) in [4.78, 5) is 23.2. The van der Waals surface area contributed by atoms with E-state index in [2.05, 4.69) is 5.32 Å². The average Bonchev–Trinajstić information content (AvgIpc) is 2.64. The first-order valence-corrected chi connectivity index (χ1v) is 8.57. The van der Waals surface area contributed by atoms with Gasteiger partial charge in [-0.15, -0.1) is 0 Å². The molecule has 144 valence electrons. The molecule has 0 saturated carbocycles. The highest BCUT2D eigenvalue weighted by Crippen LogP contribution is 2.36. The van der Waals surface area contributed by atoms with Gasteiger partial charge in [0.1, 0.15) is 0 Å². The quantitative estimate of drug-likeness (QED) is 0.615. The molecule has 27 heavy (non-hydrogen) atoms. The topological polar surface area (TPSA) is 111 Å². The van der Waals surface area contributed by atoms with Crippen LogP contribution >= 0.6 is 23.2 Å². The van der Waals surface area contributed by atoms with Gasteiger partial charge in [0.2, 0.25) is 0 Å². The van der Waals surface area contributed by atoms with E-state index >= 15 is 0 Å². The standard InChI is InChI=1S/C18H18Cl2N2O5/c1-26-15-7-11(6-13(20)17(15)27-9-16(21)24)18(25)22-8-14(23)10-2-4-12(19)5-3-10/h2-7,14,23H,8-9H2,1H3,(H2,21,24)(H,22,25)/t14-/m0/s1. The van der Waals surface area contributed by atoms with Crippen molar-refractivity contribution < 1.29 is 24.2 Å². The molecule has 0 saturated heterocycles. The van der Waals surface area contributed by atoms with Crippen molar-refractivity contribution in [3.63, 3.8) is 0 Å². The van der Waals surface area contributed by atoms with E-state index in [1.807, 2.05) is 0 Å². The Labute approximate surface area is 166 Å². The number of nitrogens with one attached hydrogen (secondary N) is 1. The molecule has 0 heterocycles. The van der Waals surface area contributed by atoms with Crippen LogP contribution in [0.3, 0.4) is 0 Å². The summed E-state index contributed by atoms with van der Waals surface area (Å²) >= 11 is 11.9. The highest BCUT2D eigenvalue weighted by Gasteiger charge is 2.17. The normalized spacial score (nSPS) is 11.6. The molecule has 2 aromatic carbocycles. The number of amides is 2. The van der Waals surface area contributed by atoms with E-state index in [4.69, 9.17) is 38.4 Å². The van der Waals surface area contributed by atoms with Crippen LogP contribution in [0, 0.1) is 0 Å². The molecular formula is C18H18Cl2N2O5. The van der Waals surface area contributed by atoms with E-state index < -0.39 is 17.9 Å². The van der Waals surface area contributed by atoms with Crippen LogP contribution in [0.2, 0.25) is 10.0 Å². The molecule has 0 fully saturated rings. The van der Waals surface area contributed by atoms with Crippen LogP contribution in [-0.2, 0) is 4.79 Å². The molecule has 0 spiro atoms. The maximum absolute atomic E-state index is 12.4. The van der Waals surface area contributed by atoms with Gasteiger partial charge < -0.3 is 25.6 Å². The Kier molecular flexibility index (Phi) is 7.29. The largest absolute Gasteiger partial charge is 0.493 e. The van der Waals surface area contributed by atoms with Gasteiger partial charge in [-0.1, -0.05) is 35.3 Å². The molecule has 4 N–H and O–H groups in total. The highest BCUT2D eigenvalue weighted by molar-refractivity contribution is 6.32. The third-order valence-electron chi connectivity index (χ3n) is 3.56. The minimum absolute atomic E-state index is 0.0136. The van der Waals surface area contributed by atoms with Crippen LogP contribution in [0.25, 0.3) is 0 Å². The summed E-state index contributed by atoms with van der Waals surface area (Å²) in [5.74, 6) is -0.862.